The van der Waals surface area contributed by atoms with Gasteiger partial charge in [0.2, 0.25) is 0 Å². The van der Waals surface area contributed by atoms with Gasteiger partial charge < -0.3 is 10.3 Å². The first-order valence-electron chi connectivity index (χ1n) is 6.46. The number of nitrogen functional groups attached to an aromatic ring is 1. The van der Waals surface area contributed by atoms with Crippen LogP contribution in [0.3, 0.4) is 0 Å². The van der Waals surface area contributed by atoms with Gasteiger partial charge in [0, 0.05) is 24.7 Å². The van der Waals surface area contributed by atoms with E-state index in [-0.39, 0.29) is 28.2 Å². The highest BCUT2D eigenvalue weighted by Crippen LogP contribution is 2.29. The number of nitrogens with one attached hydrogen (secondary N) is 1. The Morgan fingerprint density at radius 1 is 1.18 bits per heavy atom. The number of aromatic amines is 1. The maximum atomic E-state index is 13.7. The van der Waals surface area contributed by atoms with Crippen molar-refractivity contribution in [2.75, 3.05) is 5.73 Å². The molecule has 22 heavy (non-hydrogen) atoms. The predicted octanol–water partition coefficient (Wildman–Crippen LogP) is 2.37. The molecule has 0 aliphatic carbocycles. The molecule has 3 heterocycles. The van der Waals surface area contributed by atoms with Gasteiger partial charge in [0.05, 0.1) is 5.39 Å². The number of H-pyrrole nitrogens is 1. The fraction of sp³-hybridized carbons (Fsp3) is 0.0714. The number of hydrogen-bond acceptors (Lipinski definition) is 4. The third-order valence-corrected chi connectivity index (χ3v) is 3.56. The van der Waals surface area contributed by atoms with Crippen LogP contribution in [0.4, 0.5) is 14.6 Å². The van der Waals surface area contributed by atoms with Gasteiger partial charge >= 0.3 is 0 Å². The van der Waals surface area contributed by atoms with E-state index in [0.717, 1.165) is 6.07 Å². The van der Waals surface area contributed by atoms with Crippen LogP contribution in [0.5, 0.6) is 0 Å². The number of rotatable bonds is 1. The standard InChI is InChI=1S/C14H10F2N6/c1-22-3-2-7-12(17)18-13(19-14(7)22)11-8-4-6(15)5-9(16)10(8)20-21-11/h2-5H,1H3,(H,20,21)(H2,17,18,19). The summed E-state index contributed by atoms with van der Waals surface area (Å²) in [6, 6.07) is 3.78. The van der Waals surface area contributed by atoms with E-state index in [1.165, 1.54) is 6.07 Å². The Morgan fingerprint density at radius 3 is 2.82 bits per heavy atom. The first-order valence-corrected chi connectivity index (χ1v) is 6.46. The lowest BCUT2D eigenvalue weighted by atomic mass is 10.2. The van der Waals surface area contributed by atoms with E-state index in [1.807, 2.05) is 13.2 Å². The smallest absolute Gasteiger partial charge is 0.184 e. The first-order chi connectivity index (χ1) is 10.5. The summed E-state index contributed by atoms with van der Waals surface area (Å²) in [4.78, 5) is 8.58. The lowest BCUT2D eigenvalue weighted by Gasteiger charge is -2.02. The van der Waals surface area contributed by atoms with Crippen molar-refractivity contribution in [1.29, 1.82) is 0 Å². The van der Waals surface area contributed by atoms with Crippen LogP contribution in [0, 0.1) is 11.6 Å². The zero-order valence-electron chi connectivity index (χ0n) is 11.4. The number of nitrogens with two attached hydrogens (primary N) is 1. The molecule has 4 aromatic rings. The second kappa shape index (κ2) is 4.23. The molecular formula is C14H10F2N6. The number of halogens is 2. The summed E-state index contributed by atoms with van der Waals surface area (Å²) in [5, 5.41) is 7.53. The van der Waals surface area contributed by atoms with E-state index in [9.17, 15) is 8.78 Å². The Labute approximate surface area is 122 Å². The summed E-state index contributed by atoms with van der Waals surface area (Å²) in [5.41, 5.74) is 6.91. The number of fused-ring (bicyclic) bond motifs is 2. The molecule has 4 rings (SSSR count). The van der Waals surface area contributed by atoms with Gasteiger partial charge in [-0.2, -0.15) is 5.10 Å². The molecule has 0 fully saturated rings. The van der Waals surface area contributed by atoms with Crippen LogP contribution in [-0.2, 0) is 7.05 Å². The molecule has 0 atom stereocenters. The Kier molecular flexibility index (Phi) is 2.44. The van der Waals surface area contributed by atoms with Gasteiger partial charge in [-0.25, -0.2) is 18.7 Å². The molecule has 0 saturated carbocycles. The van der Waals surface area contributed by atoms with E-state index in [4.69, 9.17) is 5.73 Å². The Hall–Kier alpha value is -3.03. The number of nitrogens with zero attached hydrogens (tertiary/aromatic N) is 4. The molecule has 0 saturated heterocycles. The molecule has 3 aromatic heterocycles. The van der Waals surface area contributed by atoms with E-state index < -0.39 is 11.6 Å². The highest BCUT2D eigenvalue weighted by Gasteiger charge is 2.17. The van der Waals surface area contributed by atoms with Crippen LogP contribution in [-0.4, -0.2) is 24.7 Å². The molecule has 0 amide bonds. The zero-order valence-corrected chi connectivity index (χ0v) is 11.4. The molecule has 0 bridgehead atoms. The fourth-order valence-electron chi connectivity index (χ4n) is 2.48. The highest BCUT2D eigenvalue weighted by molar-refractivity contribution is 5.94. The summed E-state index contributed by atoms with van der Waals surface area (Å²) < 4.78 is 29.0. The van der Waals surface area contributed by atoms with Crippen molar-refractivity contribution in [2.45, 2.75) is 0 Å². The maximum absolute atomic E-state index is 13.7. The van der Waals surface area contributed by atoms with Crippen molar-refractivity contribution in [3.05, 3.63) is 36.0 Å². The van der Waals surface area contributed by atoms with Gasteiger partial charge in [0.1, 0.15) is 28.5 Å². The second-order valence-corrected chi connectivity index (χ2v) is 4.98. The first kappa shape index (κ1) is 12.7. The van der Waals surface area contributed by atoms with Crippen LogP contribution in [0.2, 0.25) is 0 Å². The minimum absolute atomic E-state index is 0.102. The van der Waals surface area contributed by atoms with Crippen molar-refractivity contribution in [3.8, 4) is 11.5 Å². The lowest BCUT2D eigenvalue weighted by Crippen LogP contribution is -1.99. The van der Waals surface area contributed by atoms with E-state index in [1.54, 1.807) is 10.6 Å². The summed E-state index contributed by atoms with van der Waals surface area (Å²) in [6.07, 6.45) is 1.81. The maximum Gasteiger partial charge on any atom is 0.184 e. The number of anilines is 1. The van der Waals surface area contributed by atoms with Gasteiger partial charge in [-0.05, 0) is 12.1 Å². The number of benzene rings is 1. The van der Waals surface area contributed by atoms with E-state index in [0.29, 0.717) is 11.0 Å². The van der Waals surface area contributed by atoms with Crippen LogP contribution in [0.1, 0.15) is 0 Å². The topological polar surface area (TPSA) is 85.4 Å². The average Bonchev–Trinajstić information content (AvgIpc) is 3.04. The van der Waals surface area contributed by atoms with Gasteiger partial charge in [-0.3, -0.25) is 5.10 Å². The third kappa shape index (κ3) is 1.67. The lowest BCUT2D eigenvalue weighted by molar-refractivity contribution is 0.590. The largest absolute Gasteiger partial charge is 0.383 e. The van der Waals surface area contributed by atoms with Gasteiger partial charge in [0.25, 0.3) is 0 Å². The van der Waals surface area contributed by atoms with Crippen LogP contribution in [0.15, 0.2) is 24.4 Å². The summed E-state index contributed by atoms with van der Waals surface area (Å²) in [6.45, 7) is 0. The van der Waals surface area contributed by atoms with Crippen molar-refractivity contribution in [2.24, 2.45) is 7.05 Å². The van der Waals surface area contributed by atoms with Crippen LogP contribution in [0.25, 0.3) is 33.5 Å². The van der Waals surface area contributed by atoms with Gasteiger partial charge in [-0.15, -0.1) is 0 Å². The summed E-state index contributed by atoms with van der Waals surface area (Å²) >= 11 is 0. The molecule has 110 valence electrons. The quantitative estimate of drug-likeness (QED) is 0.565. The van der Waals surface area contributed by atoms with Gasteiger partial charge in [-0.1, -0.05) is 0 Å². The average molecular weight is 300 g/mol. The Morgan fingerprint density at radius 2 is 2.00 bits per heavy atom. The second-order valence-electron chi connectivity index (χ2n) is 4.98. The molecule has 6 nitrogen and oxygen atoms in total. The van der Waals surface area contributed by atoms with Crippen molar-refractivity contribution in [1.82, 2.24) is 24.7 Å². The van der Waals surface area contributed by atoms with Crippen LogP contribution < -0.4 is 5.73 Å². The Balaban J connectivity index is 2.05. The number of hydrogen-bond donors (Lipinski definition) is 2. The van der Waals surface area contributed by atoms with Crippen molar-refractivity contribution < 1.29 is 8.78 Å². The minimum atomic E-state index is -0.721. The molecule has 0 spiro atoms. The predicted molar refractivity (Wildman–Crippen MR) is 77.9 cm³/mol. The third-order valence-electron chi connectivity index (χ3n) is 3.56. The molecule has 3 N–H and O–H groups in total. The fourth-order valence-corrected chi connectivity index (χ4v) is 2.48. The highest BCUT2D eigenvalue weighted by atomic mass is 19.1. The van der Waals surface area contributed by atoms with Crippen molar-refractivity contribution >= 4 is 27.8 Å². The van der Waals surface area contributed by atoms with Crippen molar-refractivity contribution in [3.63, 3.8) is 0 Å². The molecule has 1 aromatic carbocycles. The molecule has 0 aliphatic heterocycles. The minimum Gasteiger partial charge on any atom is -0.383 e. The summed E-state index contributed by atoms with van der Waals surface area (Å²) in [7, 11) is 1.82. The zero-order chi connectivity index (χ0) is 15.4. The number of aryl methyl sites for hydroxylation is 1. The van der Waals surface area contributed by atoms with Gasteiger partial charge in [0.15, 0.2) is 11.6 Å². The van der Waals surface area contributed by atoms with E-state index in [2.05, 4.69) is 20.2 Å². The summed E-state index contributed by atoms with van der Waals surface area (Å²) in [5.74, 6) is -0.918. The molecule has 0 aliphatic rings. The SMILES string of the molecule is Cn1ccc2c(N)nc(-c3n[nH]c4c(F)cc(F)cc34)nc21. The normalized spacial score (nSPS) is 11.6. The molecule has 0 unspecified atom stereocenters. The number of aromatic nitrogens is 5. The Bertz CT molecular complexity index is 1030. The monoisotopic (exact) mass is 300 g/mol. The van der Waals surface area contributed by atoms with E-state index >= 15 is 0 Å². The molecule has 8 heteroatoms. The molecule has 0 radical (unpaired) electrons. The van der Waals surface area contributed by atoms with Crippen LogP contribution >= 0.6 is 0 Å². The molecular weight excluding hydrogens is 290 g/mol.